The summed E-state index contributed by atoms with van der Waals surface area (Å²) in [6, 6.07) is 3.61. The summed E-state index contributed by atoms with van der Waals surface area (Å²) in [5, 5.41) is 0. The van der Waals surface area contributed by atoms with Gasteiger partial charge in [-0.05, 0) is 48.8 Å². The van der Waals surface area contributed by atoms with E-state index in [0.29, 0.717) is 17.2 Å². The topological polar surface area (TPSA) is 9.23 Å². The van der Waals surface area contributed by atoms with E-state index in [-0.39, 0.29) is 11.2 Å². The Morgan fingerprint density at radius 3 is 2.47 bits per heavy atom. The van der Waals surface area contributed by atoms with Gasteiger partial charge in [-0.3, -0.25) is 0 Å². The highest BCUT2D eigenvalue weighted by molar-refractivity contribution is 5.40. The highest BCUT2D eigenvalue weighted by atomic mass is 19.1. The van der Waals surface area contributed by atoms with Crippen LogP contribution in [-0.4, -0.2) is 6.61 Å². The second-order valence-electron chi connectivity index (χ2n) is 6.09. The molecule has 0 amide bonds. The van der Waals surface area contributed by atoms with E-state index >= 15 is 0 Å². The molecule has 94 valence electrons. The lowest BCUT2D eigenvalue weighted by atomic mass is 9.86. The fourth-order valence-electron chi connectivity index (χ4n) is 1.73. The summed E-state index contributed by atoms with van der Waals surface area (Å²) in [7, 11) is 0. The van der Waals surface area contributed by atoms with E-state index in [0.717, 1.165) is 12.2 Å². The minimum Gasteiger partial charge on any atom is -0.493 e. The molecular formula is C15H21FO. The first-order valence-electron chi connectivity index (χ1n) is 6.31. The zero-order valence-electron chi connectivity index (χ0n) is 11.1. The van der Waals surface area contributed by atoms with Crippen molar-refractivity contribution >= 4 is 0 Å². The molecule has 0 bridgehead atoms. The maximum atomic E-state index is 13.8. The smallest absolute Gasteiger partial charge is 0.130 e. The van der Waals surface area contributed by atoms with Crippen LogP contribution < -0.4 is 4.74 Å². The summed E-state index contributed by atoms with van der Waals surface area (Å²) in [6.45, 7) is 8.77. The van der Waals surface area contributed by atoms with Gasteiger partial charge in [-0.1, -0.05) is 20.8 Å². The number of halogens is 1. The first-order chi connectivity index (χ1) is 7.88. The van der Waals surface area contributed by atoms with Crippen molar-refractivity contribution in [3.63, 3.8) is 0 Å². The van der Waals surface area contributed by atoms with Gasteiger partial charge >= 0.3 is 0 Å². The monoisotopic (exact) mass is 236 g/mol. The predicted molar refractivity (Wildman–Crippen MR) is 68.1 cm³/mol. The van der Waals surface area contributed by atoms with Gasteiger partial charge in [-0.15, -0.1) is 0 Å². The van der Waals surface area contributed by atoms with Crippen LogP contribution in [0.5, 0.6) is 5.75 Å². The van der Waals surface area contributed by atoms with Crippen molar-refractivity contribution in [2.75, 3.05) is 6.61 Å². The highest BCUT2D eigenvalue weighted by Crippen LogP contribution is 2.33. The fraction of sp³-hybridized carbons (Fsp3) is 0.600. The molecular weight excluding hydrogens is 215 g/mol. The number of benzene rings is 1. The molecule has 0 N–H and O–H groups in total. The second kappa shape index (κ2) is 4.32. The van der Waals surface area contributed by atoms with Crippen molar-refractivity contribution in [2.24, 2.45) is 5.92 Å². The van der Waals surface area contributed by atoms with Crippen LogP contribution in [-0.2, 0) is 5.41 Å². The SMILES string of the molecule is Cc1c(F)cc(C(C)(C)C)cc1OCC1CC1. The van der Waals surface area contributed by atoms with Gasteiger partial charge in [-0.25, -0.2) is 4.39 Å². The van der Waals surface area contributed by atoms with Crippen LogP contribution in [0.1, 0.15) is 44.7 Å². The van der Waals surface area contributed by atoms with Gasteiger partial charge < -0.3 is 4.74 Å². The van der Waals surface area contributed by atoms with Gasteiger partial charge in [0.2, 0.25) is 0 Å². The molecule has 0 saturated heterocycles. The summed E-state index contributed by atoms with van der Waals surface area (Å²) < 4.78 is 19.6. The third kappa shape index (κ3) is 2.99. The van der Waals surface area contributed by atoms with Crippen LogP contribution in [0, 0.1) is 18.7 Å². The highest BCUT2D eigenvalue weighted by Gasteiger charge is 2.23. The average Bonchev–Trinajstić information content (AvgIpc) is 3.02. The Labute approximate surface area is 103 Å². The van der Waals surface area contributed by atoms with Gasteiger partial charge in [0.1, 0.15) is 11.6 Å². The van der Waals surface area contributed by atoms with E-state index in [1.165, 1.54) is 12.8 Å². The number of hydrogen-bond acceptors (Lipinski definition) is 1. The van der Waals surface area contributed by atoms with Crippen molar-refractivity contribution in [1.82, 2.24) is 0 Å². The van der Waals surface area contributed by atoms with Crippen LogP contribution in [0.3, 0.4) is 0 Å². The summed E-state index contributed by atoms with van der Waals surface area (Å²) >= 11 is 0. The first kappa shape index (κ1) is 12.4. The molecule has 1 fully saturated rings. The molecule has 0 atom stereocenters. The summed E-state index contributed by atoms with van der Waals surface area (Å²) in [4.78, 5) is 0. The average molecular weight is 236 g/mol. The normalized spacial score (nSPS) is 16.1. The Balaban J connectivity index is 2.25. The van der Waals surface area contributed by atoms with Crippen LogP contribution in [0.2, 0.25) is 0 Å². The summed E-state index contributed by atoms with van der Waals surface area (Å²) in [5.41, 5.74) is 1.57. The maximum Gasteiger partial charge on any atom is 0.130 e. The third-order valence-corrected chi connectivity index (χ3v) is 3.33. The van der Waals surface area contributed by atoms with E-state index in [9.17, 15) is 4.39 Å². The quantitative estimate of drug-likeness (QED) is 0.763. The van der Waals surface area contributed by atoms with Crippen LogP contribution in [0.4, 0.5) is 4.39 Å². The molecule has 2 heteroatoms. The van der Waals surface area contributed by atoms with Crippen molar-refractivity contribution < 1.29 is 9.13 Å². The molecule has 1 nitrogen and oxygen atoms in total. The standard InChI is InChI=1S/C15H21FO/c1-10-13(16)7-12(15(2,3)4)8-14(10)17-9-11-5-6-11/h7-8,11H,5-6,9H2,1-4H3. The first-order valence-corrected chi connectivity index (χ1v) is 6.31. The molecule has 2 rings (SSSR count). The predicted octanol–water partition coefficient (Wildman–Crippen LogP) is 4.22. The lowest BCUT2D eigenvalue weighted by Crippen LogP contribution is -2.13. The Morgan fingerprint density at radius 2 is 1.94 bits per heavy atom. The lowest BCUT2D eigenvalue weighted by molar-refractivity contribution is 0.295. The van der Waals surface area contributed by atoms with E-state index in [4.69, 9.17) is 4.74 Å². The van der Waals surface area contributed by atoms with E-state index in [1.807, 2.05) is 6.07 Å². The minimum absolute atomic E-state index is 0.0494. The van der Waals surface area contributed by atoms with Gasteiger partial charge in [0.15, 0.2) is 0 Å². The second-order valence-corrected chi connectivity index (χ2v) is 6.09. The molecule has 1 aliphatic carbocycles. The van der Waals surface area contributed by atoms with Crippen LogP contribution >= 0.6 is 0 Å². The Kier molecular flexibility index (Phi) is 3.15. The van der Waals surface area contributed by atoms with Gasteiger partial charge in [0.25, 0.3) is 0 Å². The number of rotatable bonds is 3. The Bertz CT molecular complexity index is 414. The third-order valence-electron chi connectivity index (χ3n) is 3.33. The molecule has 1 saturated carbocycles. The number of ether oxygens (including phenoxy) is 1. The fourth-order valence-corrected chi connectivity index (χ4v) is 1.73. The van der Waals surface area contributed by atoms with Crippen molar-refractivity contribution in [3.8, 4) is 5.75 Å². The van der Waals surface area contributed by atoms with Crippen LogP contribution in [0.15, 0.2) is 12.1 Å². The maximum absolute atomic E-state index is 13.8. The van der Waals surface area contributed by atoms with Gasteiger partial charge in [0.05, 0.1) is 6.61 Å². The zero-order chi connectivity index (χ0) is 12.6. The van der Waals surface area contributed by atoms with E-state index in [1.54, 1.807) is 13.0 Å². The molecule has 0 heterocycles. The van der Waals surface area contributed by atoms with E-state index in [2.05, 4.69) is 20.8 Å². The van der Waals surface area contributed by atoms with Gasteiger partial charge in [-0.2, -0.15) is 0 Å². The Hall–Kier alpha value is -1.05. The summed E-state index contributed by atoms with van der Waals surface area (Å²) in [6.07, 6.45) is 2.50. The van der Waals surface area contributed by atoms with Crippen molar-refractivity contribution in [3.05, 3.63) is 29.1 Å². The molecule has 0 aromatic heterocycles. The van der Waals surface area contributed by atoms with Gasteiger partial charge in [0, 0.05) is 5.56 Å². The number of hydrogen-bond donors (Lipinski definition) is 0. The molecule has 0 spiro atoms. The largest absolute Gasteiger partial charge is 0.493 e. The van der Waals surface area contributed by atoms with Crippen molar-refractivity contribution in [1.29, 1.82) is 0 Å². The molecule has 0 aliphatic heterocycles. The molecule has 17 heavy (non-hydrogen) atoms. The molecule has 1 aliphatic rings. The van der Waals surface area contributed by atoms with E-state index < -0.39 is 0 Å². The minimum atomic E-state index is -0.164. The molecule has 1 aromatic carbocycles. The Morgan fingerprint density at radius 1 is 1.29 bits per heavy atom. The van der Waals surface area contributed by atoms with Crippen LogP contribution in [0.25, 0.3) is 0 Å². The lowest BCUT2D eigenvalue weighted by Gasteiger charge is -2.21. The zero-order valence-corrected chi connectivity index (χ0v) is 11.1. The molecule has 1 aromatic rings. The summed E-state index contributed by atoms with van der Waals surface area (Å²) in [5.74, 6) is 1.24. The molecule has 0 radical (unpaired) electrons. The van der Waals surface area contributed by atoms with Crippen molar-refractivity contribution in [2.45, 2.75) is 46.0 Å². The molecule has 0 unspecified atom stereocenters.